The van der Waals surface area contributed by atoms with Gasteiger partial charge in [-0.05, 0) is 11.5 Å². The Hall–Kier alpha value is -1.46. The van der Waals surface area contributed by atoms with Gasteiger partial charge in [0, 0.05) is 56.2 Å². The van der Waals surface area contributed by atoms with E-state index in [1.807, 2.05) is 11.8 Å². The van der Waals surface area contributed by atoms with E-state index in [4.69, 9.17) is 4.98 Å². The summed E-state index contributed by atoms with van der Waals surface area (Å²) in [6.45, 7) is 6.38. The summed E-state index contributed by atoms with van der Waals surface area (Å²) in [5.41, 5.74) is 0. The standard InChI is InChI=1S/C17H22N4S/c1-2-4-15-14(3-1)13-16(20-7-5-18-6-8-20)19-17(15)21-9-11-22-12-10-21/h1-4,13,18H,5-12H2. The number of thioether (sulfide) groups is 1. The molecule has 0 bridgehead atoms. The number of hydrogen-bond acceptors (Lipinski definition) is 5. The molecule has 0 aliphatic carbocycles. The molecule has 4 rings (SSSR count). The highest BCUT2D eigenvalue weighted by atomic mass is 32.2. The molecule has 5 heteroatoms. The maximum atomic E-state index is 5.06. The third kappa shape index (κ3) is 2.75. The lowest BCUT2D eigenvalue weighted by atomic mass is 10.1. The molecule has 0 saturated carbocycles. The fraction of sp³-hybridized carbons (Fsp3) is 0.471. The Bertz CT molecular complexity index is 648. The number of hydrogen-bond donors (Lipinski definition) is 1. The van der Waals surface area contributed by atoms with Gasteiger partial charge in [-0.2, -0.15) is 11.8 Å². The topological polar surface area (TPSA) is 31.4 Å². The zero-order chi connectivity index (χ0) is 14.8. The minimum Gasteiger partial charge on any atom is -0.354 e. The largest absolute Gasteiger partial charge is 0.354 e. The van der Waals surface area contributed by atoms with Crippen molar-refractivity contribution in [1.29, 1.82) is 0 Å². The van der Waals surface area contributed by atoms with Crippen LogP contribution < -0.4 is 15.1 Å². The molecule has 0 unspecified atom stereocenters. The Labute approximate surface area is 135 Å². The third-order valence-electron chi connectivity index (χ3n) is 4.46. The molecule has 2 fully saturated rings. The summed E-state index contributed by atoms with van der Waals surface area (Å²) in [6, 6.07) is 10.9. The van der Waals surface area contributed by atoms with Gasteiger partial charge in [-0.15, -0.1) is 0 Å². The third-order valence-corrected chi connectivity index (χ3v) is 5.40. The van der Waals surface area contributed by atoms with E-state index < -0.39 is 0 Å². The number of rotatable bonds is 2. The summed E-state index contributed by atoms with van der Waals surface area (Å²) in [6.07, 6.45) is 0. The van der Waals surface area contributed by atoms with Crippen LogP contribution in [0.1, 0.15) is 0 Å². The summed E-state index contributed by atoms with van der Waals surface area (Å²) in [5, 5.41) is 6.01. The molecule has 0 spiro atoms. The van der Waals surface area contributed by atoms with Crippen molar-refractivity contribution in [2.75, 3.05) is 60.6 Å². The Balaban J connectivity index is 1.78. The lowest BCUT2D eigenvalue weighted by molar-refractivity contribution is 0.585. The van der Waals surface area contributed by atoms with Gasteiger partial charge in [-0.1, -0.05) is 24.3 Å². The lowest BCUT2D eigenvalue weighted by Crippen LogP contribution is -2.44. The molecule has 2 aliphatic rings. The molecule has 0 radical (unpaired) electrons. The second kappa shape index (κ2) is 6.34. The molecule has 0 atom stereocenters. The number of anilines is 2. The number of benzene rings is 1. The molecule has 116 valence electrons. The highest BCUT2D eigenvalue weighted by Gasteiger charge is 2.19. The fourth-order valence-corrected chi connectivity index (χ4v) is 4.14. The molecule has 1 aromatic heterocycles. The van der Waals surface area contributed by atoms with Crippen molar-refractivity contribution < 1.29 is 0 Å². The van der Waals surface area contributed by atoms with Crippen LogP contribution in [0, 0.1) is 0 Å². The average Bonchev–Trinajstić information content (AvgIpc) is 2.62. The number of aromatic nitrogens is 1. The summed E-state index contributed by atoms with van der Waals surface area (Å²) in [7, 11) is 0. The molecule has 2 saturated heterocycles. The molecule has 3 heterocycles. The molecule has 22 heavy (non-hydrogen) atoms. The minimum atomic E-state index is 1.04. The van der Waals surface area contributed by atoms with Gasteiger partial charge in [-0.3, -0.25) is 0 Å². The van der Waals surface area contributed by atoms with Crippen LogP contribution in [0.5, 0.6) is 0 Å². The lowest BCUT2D eigenvalue weighted by Gasteiger charge is -2.32. The Morgan fingerprint density at radius 2 is 1.73 bits per heavy atom. The van der Waals surface area contributed by atoms with E-state index in [1.165, 1.54) is 28.1 Å². The molecule has 0 amide bonds. The van der Waals surface area contributed by atoms with E-state index in [2.05, 4.69) is 45.4 Å². The van der Waals surface area contributed by atoms with Crippen LogP contribution in [0.15, 0.2) is 30.3 Å². The van der Waals surface area contributed by atoms with Crippen LogP contribution in [-0.2, 0) is 0 Å². The first-order valence-electron chi connectivity index (χ1n) is 8.10. The number of fused-ring (bicyclic) bond motifs is 1. The van der Waals surface area contributed by atoms with Gasteiger partial charge in [0.1, 0.15) is 11.6 Å². The van der Waals surface area contributed by atoms with Crippen molar-refractivity contribution in [3.63, 3.8) is 0 Å². The van der Waals surface area contributed by atoms with Crippen molar-refractivity contribution in [1.82, 2.24) is 10.3 Å². The molecule has 1 aromatic carbocycles. The van der Waals surface area contributed by atoms with E-state index in [-0.39, 0.29) is 0 Å². The van der Waals surface area contributed by atoms with E-state index in [0.29, 0.717) is 0 Å². The van der Waals surface area contributed by atoms with Gasteiger partial charge in [0.2, 0.25) is 0 Å². The molecular formula is C17H22N4S. The van der Waals surface area contributed by atoms with Gasteiger partial charge in [0.25, 0.3) is 0 Å². The minimum absolute atomic E-state index is 1.04. The zero-order valence-corrected chi connectivity index (χ0v) is 13.6. The van der Waals surface area contributed by atoms with Crippen LogP contribution in [0.25, 0.3) is 10.8 Å². The SMILES string of the molecule is c1ccc2c(N3CCSCC3)nc(N3CCNCC3)cc2c1. The number of pyridine rings is 1. The second-order valence-corrected chi connectivity index (χ2v) is 7.09. The first-order chi connectivity index (χ1) is 10.9. The molecule has 4 nitrogen and oxygen atoms in total. The van der Waals surface area contributed by atoms with Gasteiger partial charge in [0.05, 0.1) is 0 Å². The van der Waals surface area contributed by atoms with Gasteiger partial charge in [0.15, 0.2) is 0 Å². The highest BCUT2D eigenvalue weighted by Crippen LogP contribution is 2.30. The van der Waals surface area contributed by atoms with Crippen LogP contribution in [0.3, 0.4) is 0 Å². The van der Waals surface area contributed by atoms with E-state index in [0.717, 1.165) is 45.1 Å². The molecule has 1 N–H and O–H groups in total. The number of piperazine rings is 1. The van der Waals surface area contributed by atoms with Crippen LogP contribution in [0.4, 0.5) is 11.6 Å². The van der Waals surface area contributed by atoms with Crippen molar-refractivity contribution in [3.8, 4) is 0 Å². The van der Waals surface area contributed by atoms with Gasteiger partial charge < -0.3 is 15.1 Å². The monoisotopic (exact) mass is 314 g/mol. The Kier molecular flexibility index (Phi) is 4.08. The van der Waals surface area contributed by atoms with Crippen LogP contribution in [0.2, 0.25) is 0 Å². The molecule has 2 aromatic rings. The van der Waals surface area contributed by atoms with Gasteiger partial charge in [-0.25, -0.2) is 4.98 Å². The Morgan fingerprint density at radius 1 is 0.955 bits per heavy atom. The highest BCUT2D eigenvalue weighted by molar-refractivity contribution is 7.99. The van der Waals surface area contributed by atoms with Crippen molar-refractivity contribution >= 4 is 34.2 Å². The Morgan fingerprint density at radius 3 is 2.55 bits per heavy atom. The normalized spacial score (nSPS) is 19.6. The van der Waals surface area contributed by atoms with Crippen molar-refractivity contribution in [2.45, 2.75) is 0 Å². The van der Waals surface area contributed by atoms with E-state index in [9.17, 15) is 0 Å². The van der Waals surface area contributed by atoms with Crippen LogP contribution in [-0.4, -0.2) is 55.8 Å². The van der Waals surface area contributed by atoms with Crippen molar-refractivity contribution in [2.24, 2.45) is 0 Å². The predicted octanol–water partition coefficient (Wildman–Crippen LogP) is 2.20. The average molecular weight is 314 g/mol. The molecule has 2 aliphatic heterocycles. The first kappa shape index (κ1) is 14.2. The maximum absolute atomic E-state index is 5.06. The van der Waals surface area contributed by atoms with E-state index >= 15 is 0 Å². The molecular weight excluding hydrogens is 292 g/mol. The smallest absolute Gasteiger partial charge is 0.138 e. The predicted molar refractivity (Wildman–Crippen MR) is 96.4 cm³/mol. The zero-order valence-electron chi connectivity index (χ0n) is 12.8. The van der Waals surface area contributed by atoms with E-state index in [1.54, 1.807) is 0 Å². The summed E-state index contributed by atoms with van der Waals surface area (Å²) in [4.78, 5) is 9.93. The van der Waals surface area contributed by atoms with Crippen molar-refractivity contribution in [3.05, 3.63) is 30.3 Å². The fourth-order valence-electron chi connectivity index (χ4n) is 3.24. The summed E-state index contributed by atoms with van der Waals surface area (Å²) < 4.78 is 0. The van der Waals surface area contributed by atoms with Crippen LogP contribution >= 0.6 is 11.8 Å². The summed E-state index contributed by atoms with van der Waals surface area (Å²) >= 11 is 2.04. The number of nitrogens with zero attached hydrogens (tertiary/aromatic N) is 3. The quantitative estimate of drug-likeness (QED) is 0.918. The maximum Gasteiger partial charge on any atom is 0.138 e. The number of nitrogens with one attached hydrogen (secondary N) is 1. The summed E-state index contributed by atoms with van der Waals surface area (Å²) in [5.74, 6) is 4.71. The second-order valence-electron chi connectivity index (χ2n) is 5.86. The first-order valence-corrected chi connectivity index (χ1v) is 9.25. The van der Waals surface area contributed by atoms with Gasteiger partial charge >= 0.3 is 0 Å².